The fraction of sp³-hybridized carbons (Fsp3) is 0.0526. The molecule has 0 saturated heterocycles. The topological polar surface area (TPSA) is 166 Å². The number of aromatic nitrogens is 1. The van der Waals surface area contributed by atoms with Gasteiger partial charge in [-0.05, 0) is 29.8 Å². The van der Waals surface area contributed by atoms with Gasteiger partial charge in [0.1, 0.15) is 47.2 Å². The third-order valence-electron chi connectivity index (χ3n) is 3.84. The first kappa shape index (κ1) is 18.3. The highest BCUT2D eigenvalue weighted by Gasteiger charge is 2.18. The maximum Gasteiger partial charge on any atom is 0.371 e. The quantitative estimate of drug-likeness (QED) is 0.609. The number of hydrogen-bond acceptors (Lipinski definition) is 7. The fourth-order valence-electron chi connectivity index (χ4n) is 2.60. The third kappa shape index (κ3) is 3.41. The van der Waals surface area contributed by atoms with Crippen LogP contribution in [0, 0.1) is 22.7 Å². The number of carbonyl (C=O) groups is 1. The monoisotopic (exact) mass is 376 g/mol. The Balaban J connectivity index is 1.96. The average Bonchev–Trinajstić information content (AvgIpc) is 3.15. The molecule has 0 amide bonds. The molecule has 3 aromatic rings. The predicted octanol–water partition coefficient (Wildman–Crippen LogP) is 2.24. The van der Waals surface area contributed by atoms with E-state index in [1.54, 1.807) is 24.3 Å². The summed E-state index contributed by atoms with van der Waals surface area (Å²) in [5.41, 5.74) is 5.27. The smallest absolute Gasteiger partial charge is 0.371 e. The van der Waals surface area contributed by atoms with E-state index in [2.05, 4.69) is 4.98 Å². The van der Waals surface area contributed by atoms with Gasteiger partial charge in [-0.25, -0.2) is 4.79 Å². The first-order valence-electron chi connectivity index (χ1n) is 7.85. The van der Waals surface area contributed by atoms with Crippen molar-refractivity contribution in [3.8, 4) is 29.0 Å². The van der Waals surface area contributed by atoms with Crippen LogP contribution in [0.5, 0.6) is 5.75 Å². The number of benzene rings is 1. The molecule has 0 saturated carbocycles. The minimum absolute atomic E-state index is 0.0227. The van der Waals surface area contributed by atoms with Gasteiger partial charge in [-0.3, -0.25) is 4.79 Å². The number of carboxylic acid groups (broad SMARTS) is 1. The van der Waals surface area contributed by atoms with Crippen molar-refractivity contribution in [3.63, 3.8) is 0 Å². The Kier molecular flexibility index (Phi) is 4.83. The normalized spacial score (nSPS) is 10.1. The lowest BCUT2D eigenvalue weighted by Crippen LogP contribution is -2.16. The van der Waals surface area contributed by atoms with Gasteiger partial charge in [0.05, 0.1) is 0 Å². The lowest BCUT2D eigenvalue weighted by atomic mass is 9.96. The lowest BCUT2D eigenvalue weighted by molar-refractivity contribution is 0.0658. The van der Waals surface area contributed by atoms with Crippen molar-refractivity contribution in [1.82, 2.24) is 4.98 Å². The molecular formula is C19H12N4O5. The Labute approximate surface area is 157 Å². The molecular weight excluding hydrogens is 364 g/mol. The Morgan fingerprint density at radius 3 is 2.61 bits per heavy atom. The first-order chi connectivity index (χ1) is 13.4. The van der Waals surface area contributed by atoms with E-state index in [0.717, 1.165) is 0 Å². The van der Waals surface area contributed by atoms with Crippen molar-refractivity contribution in [2.75, 3.05) is 5.73 Å². The van der Waals surface area contributed by atoms with Gasteiger partial charge in [-0.2, -0.15) is 10.5 Å². The number of nitrogens with one attached hydrogen (secondary N) is 1. The number of nitrogen functional groups attached to an aromatic ring is 1. The van der Waals surface area contributed by atoms with Gasteiger partial charge in [0.25, 0.3) is 5.56 Å². The number of aromatic amines is 1. The van der Waals surface area contributed by atoms with Crippen LogP contribution in [0.1, 0.15) is 27.4 Å². The summed E-state index contributed by atoms with van der Waals surface area (Å²) in [6.45, 7) is -0.0372. The van der Waals surface area contributed by atoms with Crippen LogP contribution in [0.25, 0.3) is 11.1 Å². The molecule has 0 unspecified atom stereocenters. The van der Waals surface area contributed by atoms with Gasteiger partial charge in [-0.1, -0.05) is 12.1 Å². The second-order valence-corrected chi connectivity index (χ2v) is 5.60. The molecule has 0 aliphatic rings. The van der Waals surface area contributed by atoms with Crippen LogP contribution in [0.3, 0.4) is 0 Å². The molecule has 1 aromatic carbocycles. The molecule has 0 bridgehead atoms. The molecule has 3 rings (SSSR count). The van der Waals surface area contributed by atoms with Crippen molar-refractivity contribution in [3.05, 3.63) is 69.4 Å². The van der Waals surface area contributed by atoms with Crippen molar-refractivity contribution >= 4 is 11.8 Å². The summed E-state index contributed by atoms with van der Waals surface area (Å²) in [5.74, 6) is -0.863. The summed E-state index contributed by atoms with van der Waals surface area (Å²) < 4.78 is 10.7. The minimum Gasteiger partial charge on any atom is -0.486 e. The molecule has 2 heterocycles. The number of anilines is 1. The average molecular weight is 376 g/mol. The van der Waals surface area contributed by atoms with Crippen molar-refractivity contribution in [2.45, 2.75) is 6.61 Å². The largest absolute Gasteiger partial charge is 0.486 e. The molecule has 2 aromatic heterocycles. The zero-order valence-corrected chi connectivity index (χ0v) is 14.2. The number of rotatable bonds is 5. The molecule has 0 fully saturated rings. The number of ether oxygens (including phenoxy) is 1. The summed E-state index contributed by atoms with van der Waals surface area (Å²) in [7, 11) is 0. The van der Waals surface area contributed by atoms with Crippen LogP contribution in [-0.4, -0.2) is 16.1 Å². The number of nitriles is 2. The minimum atomic E-state index is -1.19. The Hall–Kier alpha value is -4.50. The van der Waals surface area contributed by atoms with Crippen molar-refractivity contribution < 1.29 is 19.1 Å². The van der Waals surface area contributed by atoms with Crippen LogP contribution < -0.4 is 16.0 Å². The number of H-pyrrole nitrogens is 1. The van der Waals surface area contributed by atoms with E-state index in [-0.39, 0.29) is 34.9 Å². The summed E-state index contributed by atoms with van der Waals surface area (Å²) >= 11 is 0. The number of furan rings is 1. The van der Waals surface area contributed by atoms with Crippen LogP contribution in [0.2, 0.25) is 0 Å². The number of nitrogens with two attached hydrogens (primary N) is 1. The third-order valence-corrected chi connectivity index (χ3v) is 3.84. The highest BCUT2D eigenvalue weighted by molar-refractivity contribution is 5.84. The van der Waals surface area contributed by atoms with Gasteiger partial charge in [0.15, 0.2) is 0 Å². The van der Waals surface area contributed by atoms with E-state index in [1.165, 1.54) is 18.2 Å². The molecule has 0 atom stereocenters. The van der Waals surface area contributed by atoms with Crippen molar-refractivity contribution in [2.24, 2.45) is 0 Å². The van der Waals surface area contributed by atoms with Crippen LogP contribution in [0.4, 0.5) is 5.82 Å². The molecule has 9 heteroatoms. The van der Waals surface area contributed by atoms with E-state index in [0.29, 0.717) is 17.1 Å². The number of carboxylic acids is 1. The number of hydrogen-bond donors (Lipinski definition) is 3. The molecule has 0 aliphatic carbocycles. The molecule has 0 radical (unpaired) electrons. The van der Waals surface area contributed by atoms with Gasteiger partial charge in [0.2, 0.25) is 5.76 Å². The number of aromatic carboxylic acids is 1. The molecule has 28 heavy (non-hydrogen) atoms. The number of nitrogens with zero attached hydrogens (tertiary/aromatic N) is 2. The van der Waals surface area contributed by atoms with E-state index < -0.39 is 11.5 Å². The standard InChI is InChI=1S/C19H12N4O5/c20-7-13-16(14(8-21)18(24)23-17(13)22)10-2-1-3-11(6-10)27-9-12-4-5-15(28-12)19(25)26/h1-6H,9H2,(H,25,26)(H3,22,23,24). The van der Waals surface area contributed by atoms with Crippen LogP contribution in [-0.2, 0) is 6.61 Å². The molecule has 0 aliphatic heterocycles. The summed E-state index contributed by atoms with van der Waals surface area (Å²) in [6.07, 6.45) is 0. The Morgan fingerprint density at radius 1 is 1.21 bits per heavy atom. The molecule has 138 valence electrons. The van der Waals surface area contributed by atoms with E-state index >= 15 is 0 Å². The summed E-state index contributed by atoms with van der Waals surface area (Å²) in [4.78, 5) is 25.1. The maximum absolute atomic E-state index is 12.0. The van der Waals surface area contributed by atoms with Crippen LogP contribution in [0.15, 0.2) is 45.6 Å². The second-order valence-electron chi connectivity index (χ2n) is 5.60. The van der Waals surface area contributed by atoms with E-state index in [9.17, 15) is 20.1 Å². The van der Waals surface area contributed by atoms with Gasteiger partial charge >= 0.3 is 5.97 Å². The van der Waals surface area contributed by atoms with Gasteiger partial charge < -0.3 is 25.0 Å². The lowest BCUT2D eigenvalue weighted by Gasteiger charge is -2.10. The molecule has 0 spiro atoms. The summed E-state index contributed by atoms with van der Waals surface area (Å²) in [6, 6.07) is 12.9. The fourth-order valence-corrected chi connectivity index (χ4v) is 2.60. The SMILES string of the molecule is N#Cc1c(N)[nH]c(=O)c(C#N)c1-c1cccc(OCc2ccc(C(=O)O)o2)c1. The summed E-state index contributed by atoms with van der Waals surface area (Å²) in [5, 5.41) is 27.6. The van der Waals surface area contributed by atoms with Crippen molar-refractivity contribution in [1.29, 1.82) is 10.5 Å². The van der Waals surface area contributed by atoms with E-state index in [4.69, 9.17) is 20.0 Å². The second kappa shape index (κ2) is 7.40. The van der Waals surface area contributed by atoms with Gasteiger partial charge in [0, 0.05) is 5.56 Å². The Morgan fingerprint density at radius 2 is 1.96 bits per heavy atom. The molecule has 9 nitrogen and oxygen atoms in total. The first-order valence-corrected chi connectivity index (χ1v) is 7.85. The maximum atomic E-state index is 12.0. The number of pyridine rings is 1. The zero-order valence-electron chi connectivity index (χ0n) is 14.2. The highest BCUT2D eigenvalue weighted by Crippen LogP contribution is 2.30. The Bertz CT molecular complexity index is 1210. The van der Waals surface area contributed by atoms with E-state index in [1.807, 2.05) is 6.07 Å². The predicted molar refractivity (Wildman–Crippen MR) is 96.3 cm³/mol. The van der Waals surface area contributed by atoms with Crippen LogP contribution >= 0.6 is 0 Å². The highest BCUT2D eigenvalue weighted by atomic mass is 16.5. The zero-order chi connectivity index (χ0) is 20.3. The molecule has 4 N–H and O–H groups in total. The van der Waals surface area contributed by atoms with Gasteiger partial charge in [-0.15, -0.1) is 0 Å².